The predicted octanol–water partition coefficient (Wildman–Crippen LogP) is 3.80. The van der Waals surface area contributed by atoms with Crippen LogP contribution in [0.2, 0.25) is 0 Å². The van der Waals surface area contributed by atoms with E-state index < -0.39 is 0 Å². The van der Waals surface area contributed by atoms with E-state index in [1.54, 1.807) is 0 Å². The summed E-state index contributed by atoms with van der Waals surface area (Å²) in [6.45, 7) is 2.21. The highest BCUT2D eigenvalue weighted by Gasteiger charge is 2.12. The Labute approximate surface area is 81.4 Å². The number of benzene rings is 1. The molecule has 1 heteroatoms. The Morgan fingerprint density at radius 2 is 2.25 bits per heavy atom. The van der Waals surface area contributed by atoms with E-state index >= 15 is 0 Å². The lowest BCUT2D eigenvalue weighted by atomic mass is 10.1. The molecule has 0 saturated heterocycles. The van der Waals surface area contributed by atoms with Crippen LogP contribution in [0, 0.1) is 0 Å². The standard InChI is InChI=1S/C11H11Br/c1-2-8-6-9-4-3-5-11(12)10(9)7-8/h3-6H,2,7H2,1H3. The molecular formula is C11H11Br. The van der Waals surface area contributed by atoms with Crippen LogP contribution in [0.3, 0.4) is 0 Å². The SMILES string of the molecule is CCC1=Cc2cccc(Br)c2C1. The molecule has 0 radical (unpaired) electrons. The third kappa shape index (κ3) is 1.22. The minimum Gasteiger partial charge on any atom is -0.0654 e. The smallest absolute Gasteiger partial charge is 0.0216 e. The second kappa shape index (κ2) is 3.06. The highest BCUT2D eigenvalue weighted by Crippen LogP contribution is 2.31. The maximum atomic E-state index is 3.57. The van der Waals surface area contributed by atoms with E-state index in [2.05, 4.69) is 47.1 Å². The lowest BCUT2D eigenvalue weighted by Crippen LogP contribution is -1.84. The topological polar surface area (TPSA) is 0 Å². The molecule has 0 aromatic heterocycles. The normalized spacial score (nSPS) is 14.3. The van der Waals surface area contributed by atoms with Crippen LogP contribution < -0.4 is 0 Å². The van der Waals surface area contributed by atoms with Gasteiger partial charge in [0.05, 0.1) is 0 Å². The summed E-state index contributed by atoms with van der Waals surface area (Å²) < 4.78 is 1.25. The minimum atomic E-state index is 1.13. The molecule has 0 unspecified atom stereocenters. The number of halogens is 1. The molecule has 2 rings (SSSR count). The van der Waals surface area contributed by atoms with E-state index in [4.69, 9.17) is 0 Å². The zero-order chi connectivity index (χ0) is 8.55. The molecule has 0 fully saturated rings. The molecule has 0 atom stereocenters. The van der Waals surface area contributed by atoms with Crippen molar-refractivity contribution in [1.29, 1.82) is 0 Å². The average Bonchev–Trinajstić information content (AvgIpc) is 2.49. The van der Waals surface area contributed by atoms with E-state index in [-0.39, 0.29) is 0 Å². The molecule has 0 saturated carbocycles. The van der Waals surface area contributed by atoms with Crippen LogP contribution >= 0.6 is 15.9 Å². The van der Waals surface area contributed by atoms with Crippen LogP contribution in [0.1, 0.15) is 24.5 Å². The van der Waals surface area contributed by atoms with Crippen molar-refractivity contribution in [3.63, 3.8) is 0 Å². The molecule has 0 bridgehead atoms. The highest BCUT2D eigenvalue weighted by molar-refractivity contribution is 9.10. The van der Waals surface area contributed by atoms with Crippen LogP contribution in [0.15, 0.2) is 28.2 Å². The van der Waals surface area contributed by atoms with E-state index in [9.17, 15) is 0 Å². The monoisotopic (exact) mass is 222 g/mol. The summed E-state index contributed by atoms with van der Waals surface area (Å²) in [5.41, 5.74) is 4.38. The maximum Gasteiger partial charge on any atom is 0.0216 e. The van der Waals surface area contributed by atoms with Crippen molar-refractivity contribution in [3.8, 4) is 0 Å². The van der Waals surface area contributed by atoms with Crippen molar-refractivity contribution in [2.75, 3.05) is 0 Å². The summed E-state index contributed by atoms with van der Waals surface area (Å²) in [6, 6.07) is 6.39. The summed E-state index contributed by atoms with van der Waals surface area (Å²) in [5, 5.41) is 0. The summed E-state index contributed by atoms with van der Waals surface area (Å²) in [5.74, 6) is 0. The van der Waals surface area contributed by atoms with Gasteiger partial charge in [-0.05, 0) is 30.0 Å². The number of hydrogen-bond donors (Lipinski definition) is 0. The lowest BCUT2D eigenvalue weighted by molar-refractivity contribution is 1.03. The van der Waals surface area contributed by atoms with Gasteiger partial charge in [0.1, 0.15) is 0 Å². The molecule has 1 aromatic rings. The molecule has 1 aliphatic carbocycles. The Hall–Kier alpha value is -0.560. The number of allylic oxidation sites excluding steroid dienone is 1. The fourth-order valence-corrected chi connectivity index (χ4v) is 2.14. The summed E-state index contributed by atoms with van der Waals surface area (Å²) >= 11 is 3.57. The van der Waals surface area contributed by atoms with Crippen LogP contribution in [0.25, 0.3) is 6.08 Å². The Morgan fingerprint density at radius 1 is 1.42 bits per heavy atom. The highest BCUT2D eigenvalue weighted by atomic mass is 79.9. The Kier molecular flexibility index (Phi) is 2.05. The third-order valence-corrected chi connectivity index (χ3v) is 3.12. The van der Waals surface area contributed by atoms with Crippen LogP contribution in [0.4, 0.5) is 0 Å². The van der Waals surface area contributed by atoms with Crippen molar-refractivity contribution >= 4 is 22.0 Å². The van der Waals surface area contributed by atoms with Crippen LogP contribution in [-0.4, -0.2) is 0 Å². The molecule has 1 aromatic carbocycles. The van der Waals surface area contributed by atoms with Gasteiger partial charge in [0.15, 0.2) is 0 Å². The first kappa shape index (κ1) is 8.06. The van der Waals surface area contributed by atoms with Gasteiger partial charge in [-0.2, -0.15) is 0 Å². The Balaban J connectivity index is 2.45. The van der Waals surface area contributed by atoms with Gasteiger partial charge in [-0.3, -0.25) is 0 Å². The first-order valence-corrected chi connectivity index (χ1v) is 5.07. The van der Waals surface area contributed by atoms with Crippen molar-refractivity contribution in [3.05, 3.63) is 39.4 Å². The van der Waals surface area contributed by atoms with Gasteiger partial charge in [-0.1, -0.05) is 46.6 Å². The fourth-order valence-electron chi connectivity index (χ4n) is 1.62. The molecule has 12 heavy (non-hydrogen) atoms. The van der Waals surface area contributed by atoms with E-state index in [0.717, 1.165) is 6.42 Å². The second-order valence-corrected chi connectivity index (χ2v) is 3.99. The van der Waals surface area contributed by atoms with Crippen molar-refractivity contribution in [2.24, 2.45) is 0 Å². The first-order valence-electron chi connectivity index (χ1n) is 4.28. The minimum absolute atomic E-state index is 1.13. The number of rotatable bonds is 1. The zero-order valence-corrected chi connectivity index (χ0v) is 8.69. The van der Waals surface area contributed by atoms with Gasteiger partial charge in [0.25, 0.3) is 0 Å². The molecule has 62 valence electrons. The van der Waals surface area contributed by atoms with Crippen molar-refractivity contribution in [2.45, 2.75) is 19.8 Å². The van der Waals surface area contributed by atoms with Gasteiger partial charge < -0.3 is 0 Å². The van der Waals surface area contributed by atoms with Crippen LogP contribution in [-0.2, 0) is 6.42 Å². The largest absolute Gasteiger partial charge is 0.0654 e. The Morgan fingerprint density at radius 3 is 2.92 bits per heavy atom. The lowest BCUT2D eigenvalue weighted by Gasteiger charge is -2.00. The van der Waals surface area contributed by atoms with E-state index in [0.29, 0.717) is 0 Å². The van der Waals surface area contributed by atoms with Gasteiger partial charge in [-0.15, -0.1) is 0 Å². The molecule has 0 nitrogen and oxygen atoms in total. The quantitative estimate of drug-likeness (QED) is 0.679. The third-order valence-electron chi connectivity index (χ3n) is 2.37. The van der Waals surface area contributed by atoms with Gasteiger partial charge in [0, 0.05) is 4.47 Å². The van der Waals surface area contributed by atoms with Gasteiger partial charge in [0.2, 0.25) is 0 Å². The molecule has 0 amide bonds. The molecule has 1 aliphatic rings. The summed E-state index contributed by atoms with van der Waals surface area (Å²) in [4.78, 5) is 0. The Bertz CT molecular complexity index is 337. The van der Waals surface area contributed by atoms with E-state index in [1.807, 2.05) is 0 Å². The molecule has 0 aliphatic heterocycles. The first-order chi connectivity index (χ1) is 5.81. The molecule has 0 N–H and O–H groups in total. The molecular weight excluding hydrogens is 212 g/mol. The summed E-state index contributed by atoms with van der Waals surface area (Å²) in [7, 11) is 0. The van der Waals surface area contributed by atoms with E-state index in [1.165, 1.54) is 27.6 Å². The summed E-state index contributed by atoms with van der Waals surface area (Å²) in [6.07, 6.45) is 4.61. The maximum absolute atomic E-state index is 3.57. The zero-order valence-electron chi connectivity index (χ0n) is 7.10. The number of hydrogen-bond acceptors (Lipinski definition) is 0. The van der Waals surface area contributed by atoms with Gasteiger partial charge >= 0.3 is 0 Å². The van der Waals surface area contributed by atoms with Gasteiger partial charge in [-0.25, -0.2) is 0 Å². The predicted molar refractivity (Wildman–Crippen MR) is 56.1 cm³/mol. The van der Waals surface area contributed by atoms with Crippen molar-refractivity contribution in [1.82, 2.24) is 0 Å². The fraction of sp³-hybridized carbons (Fsp3) is 0.273. The molecule has 0 heterocycles. The van der Waals surface area contributed by atoms with Crippen LogP contribution in [0.5, 0.6) is 0 Å². The van der Waals surface area contributed by atoms with Crippen molar-refractivity contribution < 1.29 is 0 Å². The second-order valence-electron chi connectivity index (χ2n) is 3.14. The molecule has 0 spiro atoms. The average molecular weight is 223 g/mol. The number of fused-ring (bicyclic) bond motifs is 1.